The molecule has 1 aromatic rings. The number of piperidine rings is 1. The van der Waals surface area contributed by atoms with Gasteiger partial charge in [0.15, 0.2) is 0 Å². The van der Waals surface area contributed by atoms with Crippen LogP contribution >= 0.6 is 0 Å². The smallest absolute Gasteiger partial charge is 0.0945 e. The normalized spacial score (nSPS) is 22.6. The maximum atomic E-state index is 4.17. The molecule has 2 aliphatic rings. The largest absolute Gasteiger partial charge is 0.337 e. The molecule has 0 radical (unpaired) electrons. The van der Waals surface area contributed by atoms with Crippen molar-refractivity contribution in [1.82, 2.24) is 19.8 Å². The molecule has 4 heteroatoms. The van der Waals surface area contributed by atoms with Crippen LogP contribution in [0.4, 0.5) is 0 Å². The first-order chi connectivity index (χ1) is 9.81. The van der Waals surface area contributed by atoms with Crippen molar-refractivity contribution in [2.24, 2.45) is 13.0 Å². The van der Waals surface area contributed by atoms with Gasteiger partial charge < -0.3 is 14.8 Å². The Morgan fingerprint density at radius 1 is 1.20 bits per heavy atom. The molecular formula is C16H28N4. The molecular weight excluding hydrogens is 248 g/mol. The molecule has 0 amide bonds. The van der Waals surface area contributed by atoms with Crippen LogP contribution in [0.2, 0.25) is 0 Å². The molecule has 3 rings (SSSR count). The molecule has 0 unspecified atom stereocenters. The predicted molar refractivity (Wildman–Crippen MR) is 81.5 cm³/mol. The second-order valence-electron chi connectivity index (χ2n) is 6.60. The van der Waals surface area contributed by atoms with Gasteiger partial charge in [0, 0.05) is 32.4 Å². The zero-order valence-electron chi connectivity index (χ0n) is 12.7. The van der Waals surface area contributed by atoms with E-state index in [1.165, 1.54) is 63.9 Å². The molecule has 1 aliphatic carbocycles. The van der Waals surface area contributed by atoms with Crippen LogP contribution < -0.4 is 5.32 Å². The molecule has 2 heterocycles. The van der Waals surface area contributed by atoms with Gasteiger partial charge in [0.2, 0.25) is 0 Å². The van der Waals surface area contributed by atoms with Crippen LogP contribution in [-0.4, -0.2) is 40.1 Å². The van der Waals surface area contributed by atoms with Crippen LogP contribution in [0, 0.1) is 5.92 Å². The third-order valence-corrected chi connectivity index (χ3v) is 5.07. The Bertz CT molecular complexity index is 400. The standard InChI is InChI=1S/C16H28N4/c1-19-13-17-10-16(19)11-18-15-6-8-20(9-7-15)12-14-4-2-3-5-14/h10,13-15,18H,2-9,11-12H2,1H3. The fourth-order valence-electron chi connectivity index (χ4n) is 3.68. The van der Waals surface area contributed by atoms with Gasteiger partial charge in [-0.15, -0.1) is 0 Å². The summed E-state index contributed by atoms with van der Waals surface area (Å²) in [7, 11) is 2.06. The van der Waals surface area contributed by atoms with E-state index < -0.39 is 0 Å². The average molecular weight is 276 g/mol. The van der Waals surface area contributed by atoms with E-state index in [-0.39, 0.29) is 0 Å². The third kappa shape index (κ3) is 3.61. The number of nitrogens with zero attached hydrogens (tertiary/aromatic N) is 3. The maximum Gasteiger partial charge on any atom is 0.0945 e. The Morgan fingerprint density at radius 2 is 1.95 bits per heavy atom. The number of hydrogen-bond acceptors (Lipinski definition) is 3. The highest BCUT2D eigenvalue weighted by Gasteiger charge is 2.23. The Balaban J connectivity index is 1.36. The van der Waals surface area contributed by atoms with Gasteiger partial charge in [0.1, 0.15) is 0 Å². The molecule has 112 valence electrons. The third-order valence-electron chi connectivity index (χ3n) is 5.07. The zero-order chi connectivity index (χ0) is 13.8. The van der Waals surface area contributed by atoms with Gasteiger partial charge in [-0.3, -0.25) is 0 Å². The summed E-state index contributed by atoms with van der Waals surface area (Å²) in [4.78, 5) is 6.86. The predicted octanol–water partition coefficient (Wildman–Crippen LogP) is 2.16. The lowest BCUT2D eigenvalue weighted by atomic mass is 10.0. The van der Waals surface area contributed by atoms with Gasteiger partial charge in [0.25, 0.3) is 0 Å². The number of hydrogen-bond donors (Lipinski definition) is 1. The van der Waals surface area contributed by atoms with E-state index in [4.69, 9.17) is 0 Å². The van der Waals surface area contributed by atoms with Crippen molar-refractivity contribution in [3.8, 4) is 0 Å². The zero-order valence-corrected chi connectivity index (χ0v) is 12.7. The summed E-state index contributed by atoms with van der Waals surface area (Å²) in [5.41, 5.74) is 1.28. The monoisotopic (exact) mass is 276 g/mol. The van der Waals surface area contributed by atoms with Gasteiger partial charge >= 0.3 is 0 Å². The van der Waals surface area contributed by atoms with Gasteiger partial charge in [0.05, 0.1) is 12.0 Å². The summed E-state index contributed by atoms with van der Waals surface area (Å²) in [5.74, 6) is 0.994. The topological polar surface area (TPSA) is 33.1 Å². The van der Waals surface area contributed by atoms with Crippen molar-refractivity contribution in [2.45, 2.75) is 51.1 Å². The van der Waals surface area contributed by atoms with E-state index in [1.807, 2.05) is 12.5 Å². The van der Waals surface area contributed by atoms with Crippen molar-refractivity contribution in [1.29, 1.82) is 0 Å². The van der Waals surface area contributed by atoms with E-state index in [0.717, 1.165) is 12.5 Å². The van der Waals surface area contributed by atoms with Gasteiger partial charge in [-0.05, 0) is 44.7 Å². The van der Waals surface area contributed by atoms with E-state index in [2.05, 4.69) is 26.8 Å². The number of rotatable bonds is 5. The van der Waals surface area contributed by atoms with Crippen molar-refractivity contribution in [2.75, 3.05) is 19.6 Å². The van der Waals surface area contributed by atoms with Crippen LogP contribution in [0.5, 0.6) is 0 Å². The molecule has 20 heavy (non-hydrogen) atoms. The Kier molecular flexibility index (Phi) is 4.73. The molecule has 1 aromatic heterocycles. The number of nitrogens with one attached hydrogen (secondary N) is 1. The lowest BCUT2D eigenvalue weighted by Gasteiger charge is -2.34. The minimum absolute atomic E-state index is 0.685. The van der Waals surface area contributed by atoms with Crippen LogP contribution in [0.15, 0.2) is 12.5 Å². The number of likely N-dealkylation sites (tertiary alicyclic amines) is 1. The first-order valence-corrected chi connectivity index (χ1v) is 8.22. The maximum absolute atomic E-state index is 4.17. The molecule has 0 aromatic carbocycles. The Morgan fingerprint density at radius 3 is 2.60 bits per heavy atom. The Hall–Kier alpha value is -0.870. The highest BCUT2D eigenvalue weighted by atomic mass is 15.1. The number of aromatic nitrogens is 2. The molecule has 2 fully saturated rings. The van der Waals surface area contributed by atoms with Gasteiger partial charge in [-0.1, -0.05) is 12.8 Å². The average Bonchev–Trinajstić information content (AvgIpc) is 3.10. The molecule has 1 saturated heterocycles. The number of imidazole rings is 1. The Labute approximate surface area is 122 Å². The number of aryl methyl sites for hydroxylation is 1. The van der Waals surface area contributed by atoms with Crippen LogP contribution in [0.1, 0.15) is 44.2 Å². The molecule has 0 atom stereocenters. The second kappa shape index (κ2) is 6.72. The van der Waals surface area contributed by atoms with E-state index in [0.29, 0.717) is 6.04 Å². The SMILES string of the molecule is Cn1cncc1CNC1CCN(CC2CCCC2)CC1. The minimum Gasteiger partial charge on any atom is -0.337 e. The lowest BCUT2D eigenvalue weighted by Crippen LogP contribution is -2.43. The van der Waals surface area contributed by atoms with Crippen molar-refractivity contribution in [3.05, 3.63) is 18.2 Å². The van der Waals surface area contributed by atoms with E-state index in [9.17, 15) is 0 Å². The van der Waals surface area contributed by atoms with Crippen LogP contribution in [0.3, 0.4) is 0 Å². The fraction of sp³-hybridized carbons (Fsp3) is 0.812. The molecule has 1 saturated carbocycles. The summed E-state index contributed by atoms with van der Waals surface area (Å²) in [6.45, 7) is 4.86. The quantitative estimate of drug-likeness (QED) is 0.894. The fourth-order valence-corrected chi connectivity index (χ4v) is 3.68. The molecule has 1 aliphatic heterocycles. The van der Waals surface area contributed by atoms with Crippen molar-refractivity contribution in [3.63, 3.8) is 0 Å². The van der Waals surface area contributed by atoms with Crippen molar-refractivity contribution < 1.29 is 0 Å². The van der Waals surface area contributed by atoms with Crippen LogP contribution in [0.25, 0.3) is 0 Å². The summed E-state index contributed by atoms with van der Waals surface area (Å²) in [6, 6.07) is 0.685. The van der Waals surface area contributed by atoms with Gasteiger partial charge in [-0.2, -0.15) is 0 Å². The summed E-state index contributed by atoms with van der Waals surface area (Å²) >= 11 is 0. The van der Waals surface area contributed by atoms with Crippen LogP contribution in [-0.2, 0) is 13.6 Å². The molecule has 0 bridgehead atoms. The summed E-state index contributed by atoms with van der Waals surface area (Å²) < 4.78 is 2.10. The summed E-state index contributed by atoms with van der Waals surface area (Å²) in [5, 5.41) is 3.69. The van der Waals surface area contributed by atoms with Crippen molar-refractivity contribution >= 4 is 0 Å². The van der Waals surface area contributed by atoms with Gasteiger partial charge in [-0.25, -0.2) is 4.98 Å². The molecule has 1 N–H and O–H groups in total. The lowest BCUT2D eigenvalue weighted by molar-refractivity contribution is 0.172. The first kappa shape index (κ1) is 14.1. The second-order valence-corrected chi connectivity index (χ2v) is 6.60. The highest BCUT2D eigenvalue weighted by Crippen LogP contribution is 2.26. The molecule has 4 nitrogen and oxygen atoms in total. The summed E-state index contributed by atoms with van der Waals surface area (Å²) in [6.07, 6.45) is 12.3. The first-order valence-electron chi connectivity index (χ1n) is 8.22. The minimum atomic E-state index is 0.685. The molecule has 0 spiro atoms. The van der Waals surface area contributed by atoms with E-state index in [1.54, 1.807) is 0 Å². The van der Waals surface area contributed by atoms with E-state index >= 15 is 0 Å². The highest BCUT2D eigenvalue weighted by molar-refractivity contribution is 4.97.